The van der Waals surface area contributed by atoms with Crippen molar-refractivity contribution in [3.05, 3.63) is 39.6 Å². The average Bonchev–Trinajstić information content (AvgIpc) is 2.67. The van der Waals surface area contributed by atoms with E-state index in [-0.39, 0.29) is 11.8 Å². The van der Waals surface area contributed by atoms with Crippen LogP contribution in [0, 0.1) is 24.0 Å². The second kappa shape index (κ2) is 6.05. The Morgan fingerprint density at radius 2 is 2.05 bits per heavy atom. The van der Waals surface area contributed by atoms with E-state index in [1.165, 1.54) is 4.68 Å². The van der Waals surface area contributed by atoms with E-state index in [2.05, 4.69) is 10.4 Å². The molecule has 0 amide bonds. The third-order valence-corrected chi connectivity index (χ3v) is 3.17. The Balaban J connectivity index is 2.32. The van der Waals surface area contributed by atoms with E-state index >= 15 is 0 Å². The van der Waals surface area contributed by atoms with Crippen LogP contribution < -0.4 is 10.1 Å². The average molecular weight is 304 g/mol. The molecule has 7 heteroatoms. The molecule has 0 aliphatic carbocycles. The van der Waals surface area contributed by atoms with Gasteiger partial charge < -0.3 is 10.1 Å². The summed E-state index contributed by atoms with van der Waals surface area (Å²) in [5.41, 5.74) is 2.08. The van der Waals surface area contributed by atoms with E-state index < -0.39 is 4.92 Å². The van der Waals surface area contributed by atoms with Crippen LogP contribution in [0.25, 0.3) is 0 Å². The molecule has 2 aromatic rings. The quantitative estimate of drug-likeness (QED) is 0.675. The molecular formula is C15H20N4O3. The number of benzene rings is 1. The van der Waals surface area contributed by atoms with Crippen molar-refractivity contribution in [2.45, 2.75) is 33.8 Å². The third-order valence-electron chi connectivity index (χ3n) is 3.17. The summed E-state index contributed by atoms with van der Waals surface area (Å²) in [7, 11) is 1.67. The fourth-order valence-electron chi connectivity index (χ4n) is 2.26. The van der Waals surface area contributed by atoms with Crippen molar-refractivity contribution in [3.8, 4) is 5.75 Å². The van der Waals surface area contributed by atoms with Crippen LogP contribution in [-0.4, -0.2) is 20.8 Å². The topological polar surface area (TPSA) is 82.2 Å². The molecule has 0 bridgehead atoms. The van der Waals surface area contributed by atoms with Gasteiger partial charge in [-0.05, 0) is 51.5 Å². The van der Waals surface area contributed by atoms with Gasteiger partial charge in [0.2, 0.25) is 5.82 Å². The Labute approximate surface area is 129 Å². The lowest BCUT2D eigenvalue weighted by atomic mass is 10.2. The highest BCUT2D eigenvalue weighted by atomic mass is 16.6. The minimum Gasteiger partial charge on any atom is -0.491 e. The highest BCUT2D eigenvalue weighted by molar-refractivity contribution is 5.68. The first-order valence-electron chi connectivity index (χ1n) is 7.02. The summed E-state index contributed by atoms with van der Waals surface area (Å²) in [6.45, 7) is 7.49. The summed E-state index contributed by atoms with van der Waals surface area (Å²) < 4.78 is 7.16. The summed E-state index contributed by atoms with van der Waals surface area (Å²) in [5.74, 6) is 1.16. The van der Waals surface area contributed by atoms with Crippen molar-refractivity contribution in [2.24, 2.45) is 7.05 Å². The fourth-order valence-corrected chi connectivity index (χ4v) is 2.26. The van der Waals surface area contributed by atoms with E-state index in [0.717, 1.165) is 17.0 Å². The van der Waals surface area contributed by atoms with Crippen LogP contribution in [0.15, 0.2) is 18.2 Å². The van der Waals surface area contributed by atoms with E-state index in [1.807, 2.05) is 39.0 Å². The van der Waals surface area contributed by atoms with E-state index in [4.69, 9.17) is 4.74 Å². The van der Waals surface area contributed by atoms with Crippen LogP contribution in [0.3, 0.4) is 0 Å². The standard InChI is InChI=1S/C15H20N4O3/c1-9(2)22-13-7-6-12(8-10(13)3)16-15-14(19(20)21)11(4)17-18(15)5/h6-9,16H,1-5H3. The molecule has 0 unspecified atom stereocenters. The first-order valence-corrected chi connectivity index (χ1v) is 7.02. The highest BCUT2D eigenvalue weighted by Gasteiger charge is 2.24. The van der Waals surface area contributed by atoms with Crippen LogP contribution >= 0.6 is 0 Å². The van der Waals surface area contributed by atoms with Gasteiger partial charge in [-0.25, -0.2) is 4.68 Å². The van der Waals surface area contributed by atoms with Crippen molar-refractivity contribution >= 4 is 17.2 Å². The molecule has 1 aromatic carbocycles. The van der Waals surface area contributed by atoms with E-state index in [9.17, 15) is 10.1 Å². The van der Waals surface area contributed by atoms with Gasteiger partial charge in [-0.2, -0.15) is 5.10 Å². The highest BCUT2D eigenvalue weighted by Crippen LogP contribution is 2.31. The minimum atomic E-state index is -0.423. The van der Waals surface area contributed by atoms with Crippen molar-refractivity contribution in [1.29, 1.82) is 0 Å². The van der Waals surface area contributed by atoms with Crippen molar-refractivity contribution < 1.29 is 9.66 Å². The molecule has 0 atom stereocenters. The fraction of sp³-hybridized carbons (Fsp3) is 0.400. The maximum absolute atomic E-state index is 11.2. The van der Waals surface area contributed by atoms with Crippen LogP contribution in [0.1, 0.15) is 25.1 Å². The van der Waals surface area contributed by atoms with Crippen molar-refractivity contribution in [1.82, 2.24) is 9.78 Å². The molecule has 0 aliphatic heterocycles. The first kappa shape index (κ1) is 15.8. The zero-order valence-corrected chi connectivity index (χ0v) is 13.4. The molecule has 22 heavy (non-hydrogen) atoms. The van der Waals surface area contributed by atoms with E-state index in [1.54, 1.807) is 14.0 Å². The molecule has 2 rings (SSSR count). The third kappa shape index (κ3) is 3.19. The lowest BCUT2D eigenvalue weighted by Crippen LogP contribution is -2.07. The Morgan fingerprint density at radius 3 is 2.59 bits per heavy atom. The Hall–Kier alpha value is -2.57. The maximum Gasteiger partial charge on any atom is 0.334 e. The molecule has 0 spiro atoms. The number of nitrogens with one attached hydrogen (secondary N) is 1. The zero-order valence-electron chi connectivity index (χ0n) is 13.4. The zero-order chi connectivity index (χ0) is 16.4. The number of nitro groups is 1. The Kier molecular flexibility index (Phi) is 4.35. The van der Waals surface area contributed by atoms with Gasteiger partial charge in [-0.3, -0.25) is 10.1 Å². The lowest BCUT2D eigenvalue weighted by Gasteiger charge is -2.14. The molecule has 118 valence electrons. The molecule has 1 aromatic heterocycles. The second-order valence-electron chi connectivity index (χ2n) is 5.44. The number of aromatic nitrogens is 2. The largest absolute Gasteiger partial charge is 0.491 e. The molecule has 0 radical (unpaired) electrons. The van der Waals surface area contributed by atoms with Gasteiger partial charge in [0, 0.05) is 12.7 Å². The SMILES string of the molecule is Cc1cc(Nc2c([N+](=O)[O-])c(C)nn2C)ccc1OC(C)C. The number of hydrogen-bond donors (Lipinski definition) is 1. The normalized spacial score (nSPS) is 10.8. The molecule has 0 aliphatic rings. The number of aryl methyl sites for hydroxylation is 3. The Bertz CT molecular complexity index is 707. The summed E-state index contributed by atoms with van der Waals surface area (Å²) >= 11 is 0. The van der Waals surface area contributed by atoms with Crippen molar-refractivity contribution in [2.75, 3.05) is 5.32 Å². The van der Waals surface area contributed by atoms with Crippen molar-refractivity contribution in [3.63, 3.8) is 0 Å². The molecule has 7 nitrogen and oxygen atoms in total. The van der Waals surface area contributed by atoms with Crippen LogP contribution in [0.5, 0.6) is 5.75 Å². The van der Waals surface area contributed by atoms with Gasteiger partial charge in [-0.1, -0.05) is 0 Å². The minimum absolute atomic E-state index is 0.0114. The van der Waals surface area contributed by atoms with Crippen LogP contribution in [-0.2, 0) is 7.05 Å². The predicted molar refractivity (Wildman–Crippen MR) is 84.8 cm³/mol. The van der Waals surface area contributed by atoms with Gasteiger partial charge in [-0.15, -0.1) is 0 Å². The molecule has 0 saturated heterocycles. The summed E-state index contributed by atoms with van der Waals surface area (Å²) in [6.07, 6.45) is 0.0957. The Morgan fingerprint density at radius 1 is 1.36 bits per heavy atom. The molecule has 1 heterocycles. The molecular weight excluding hydrogens is 284 g/mol. The summed E-state index contributed by atoms with van der Waals surface area (Å²) in [5, 5.41) is 18.3. The number of ether oxygens (including phenoxy) is 1. The van der Waals surface area contributed by atoms with Gasteiger partial charge in [0.05, 0.1) is 11.0 Å². The predicted octanol–water partition coefficient (Wildman–Crippen LogP) is 3.48. The van der Waals surface area contributed by atoms with Gasteiger partial charge in [0.15, 0.2) is 0 Å². The lowest BCUT2D eigenvalue weighted by molar-refractivity contribution is -0.384. The molecule has 0 fully saturated rings. The molecule has 1 N–H and O–H groups in total. The second-order valence-corrected chi connectivity index (χ2v) is 5.44. The number of nitrogens with zero attached hydrogens (tertiary/aromatic N) is 3. The van der Waals surface area contributed by atoms with Crippen LogP contribution in [0.2, 0.25) is 0 Å². The maximum atomic E-state index is 11.2. The van der Waals surface area contributed by atoms with E-state index in [0.29, 0.717) is 11.5 Å². The van der Waals surface area contributed by atoms with Crippen LogP contribution in [0.4, 0.5) is 17.2 Å². The summed E-state index contributed by atoms with van der Waals surface area (Å²) in [4.78, 5) is 10.8. The monoisotopic (exact) mass is 304 g/mol. The first-order chi connectivity index (χ1) is 10.3. The summed E-state index contributed by atoms with van der Waals surface area (Å²) in [6, 6.07) is 5.58. The van der Waals surface area contributed by atoms with Gasteiger partial charge in [0.25, 0.3) is 0 Å². The number of anilines is 2. The smallest absolute Gasteiger partial charge is 0.334 e. The number of rotatable bonds is 5. The van der Waals surface area contributed by atoms with Gasteiger partial charge >= 0.3 is 5.69 Å². The van der Waals surface area contributed by atoms with Gasteiger partial charge in [0.1, 0.15) is 11.4 Å². The number of hydrogen-bond acceptors (Lipinski definition) is 5. The molecule has 0 saturated carbocycles.